The highest BCUT2D eigenvalue weighted by atomic mass is 35.5. The number of benzene rings is 4. The van der Waals surface area contributed by atoms with Crippen molar-refractivity contribution >= 4 is 35.0 Å². The predicted octanol–water partition coefficient (Wildman–Crippen LogP) is 7.99. The predicted molar refractivity (Wildman–Crippen MR) is 133 cm³/mol. The molecule has 0 aliphatic heterocycles. The molecule has 0 spiro atoms. The summed E-state index contributed by atoms with van der Waals surface area (Å²) < 4.78 is 5.93. The zero-order valence-electron chi connectivity index (χ0n) is 17.5. The van der Waals surface area contributed by atoms with Gasteiger partial charge in [0.05, 0.1) is 5.69 Å². The molecule has 0 aliphatic rings. The monoisotopic (exact) mass is 459 g/mol. The van der Waals surface area contributed by atoms with Crippen LogP contribution in [0.25, 0.3) is 0 Å². The molecule has 0 saturated heterocycles. The van der Waals surface area contributed by atoms with Crippen molar-refractivity contribution in [3.8, 4) is 11.5 Å². The van der Waals surface area contributed by atoms with Crippen LogP contribution in [-0.2, 0) is 5.75 Å². The Balaban J connectivity index is 1.42. The molecule has 0 atom stereocenters. The Kier molecular flexibility index (Phi) is 7.15. The molecule has 0 saturated carbocycles. The van der Waals surface area contributed by atoms with Gasteiger partial charge in [0.1, 0.15) is 5.75 Å². The summed E-state index contributed by atoms with van der Waals surface area (Å²) in [6.45, 7) is 2.08. The van der Waals surface area contributed by atoms with Crippen molar-refractivity contribution in [2.24, 2.45) is 0 Å². The van der Waals surface area contributed by atoms with Crippen LogP contribution in [0.15, 0.2) is 102 Å². The number of ether oxygens (including phenoxy) is 1. The fraction of sp³-hybridized carbons (Fsp3) is 0.0741. The van der Waals surface area contributed by atoms with Crippen molar-refractivity contribution in [3.63, 3.8) is 0 Å². The third kappa shape index (κ3) is 5.94. The van der Waals surface area contributed by atoms with E-state index in [2.05, 4.69) is 36.5 Å². The molecule has 0 aliphatic carbocycles. The van der Waals surface area contributed by atoms with Crippen molar-refractivity contribution in [3.05, 3.63) is 119 Å². The van der Waals surface area contributed by atoms with Gasteiger partial charge in [0.25, 0.3) is 5.91 Å². The average Bonchev–Trinajstić information content (AvgIpc) is 2.81. The van der Waals surface area contributed by atoms with Crippen LogP contribution in [0.5, 0.6) is 11.5 Å². The Bertz CT molecular complexity index is 1190. The first kappa shape index (κ1) is 22.0. The molecule has 32 heavy (non-hydrogen) atoms. The van der Waals surface area contributed by atoms with Crippen LogP contribution in [0.4, 0.5) is 5.69 Å². The molecule has 3 nitrogen and oxygen atoms in total. The first-order valence-electron chi connectivity index (χ1n) is 10.2. The molecule has 0 unspecified atom stereocenters. The minimum Gasteiger partial charge on any atom is -0.455 e. The van der Waals surface area contributed by atoms with E-state index in [0.717, 1.165) is 11.3 Å². The van der Waals surface area contributed by atoms with Gasteiger partial charge in [-0.3, -0.25) is 4.79 Å². The van der Waals surface area contributed by atoms with Crippen LogP contribution in [0.1, 0.15) is 21.5 Å². The molecule has 1 amide bonds. The number of rotatable bonds is 7. The number of carbonyl (C=O) groups is 1. The summed E-state index contributed by atoms with van der Waals surface area (Å²) >= 11 is 7.93. The summed E-state index contributed by atoms with van der Waals surface area (Å²) in [5, 5.41) is 3.43. The number of hydrogen-bond acceptors (Lipinski definition) is 3. The molecule has 0 fully saturated rings. The second kappa shape index (κ2) is 10.4. The number of halogens is 1. The van der Waals surface area contributed by atoms with Crippen LogP contribution in [0, 0.1) is 6.92 Å². The number of amides is 1. The standard InChI is InChI=1S/C27H22ClNO2S/c1-19-7-14-24(15-8-19)32-18-20-9-11-21(12-10-20)27(30)29-25-17-22(28)13-16-26(25)31-23-5-3-2-4-6-23/h2-17H,18H2,1H3,(H,29,30). The summed E-state index contributed by atoms with van der Waals surface area (Å²) in [5.41, 5.74) is 3.50. The van der Waals surface area contributed by atoms with Crippen molar-refractivity contribution < 1.29 is 9.53 Å². The maximum Gasteiger partial charge on any atom is 0.255 e. The maximum absolute atomic E-state index is 12.8. The van der Waals surface area contributed by atoms with Crippen molar-refractivity contribution in [1.82, 2.24) is 0 Å². The Labute approximate surface area is 197 Å². The Morgan fingerprint density at radius 1 is 0.906 bits per heavy atom. The summed E-state index contributed by atoms with van der Waals surface area (Å²) in [7, 11) is 0. The highest BCUT2D eigenvalue weighted by Crippen LogP contribution is 2.32. The molecular formula is C27H22ClNO2S. The zero-order valence-corrected chi connectivity index (χ0v) is 19.1. The van der Waals surface area contributed by atoms with E-state index in [9.17, 15) is 4.79 Å². The SMILES string of the molecule is Cc1ccc(SCc2ccc(C(=O)Nc3cc(Cl)ccc3Oc3ccccc3)cc2)cc1. The van der Waals surface area contributed by atoms with E-state index in [-0.39, 0.29) is 5.91 Å². The van der Waals surface area contributed by atoms with Crippen molar-refractivity contribution in [2.75, 3.05) is 5.32 Å². The lowest BCUT2D eigenvalue weighted by Crippen LogP contribution is -2.12. The Morgan fingerprint density at radius 2 is 1.62 bits per heavy atom. The Morgan fingerprint density at radius 3 is 2.34 bits per heavy atom. The van der Waals surface area contributed by atoms with E-state index >= 15 is 0 Å². The summed E-state index contributed by atoms with van der Waals surface area (Å²) in [6.07, 6.45) is 0. The number of nitrogens with one attached hydrogen (secondary N) is 1. The number of hydrogen-bond donors (Lipinski definition) is 1. The quantitative estimate of drug-likeness (QED) is 0.284. The van der Waals surface area contributed by atoms with Crippen LogP contribution >= 0.6 is 23.4 Å². The average molecular weight is 460 g/mol. The molecule has 5 heteroatoms. The summed E-state index contributed by atoms with van der Waals surface area (Å²) in [5.74, 6) is 1.83. The second-order valence-electron chi connectivity index (χ2n) is 7.31. The van der Waals surface area contributed by atoms with Gasteiger partial charge in [-0.1, -0.05) is 59.6 Å². The maximum atomic E-state index is 12.8. The lowest BCUT2D eigenvalue weighted by atomic mass is 10.1. The van der Waals surface area contributed by atoms with E-state index in [1.807, 2.05) is 54.6 Å². The molecule has 0 heterocycles. The van der Waals surface area contributed by atoms with Gasteiger partial charge in [-0.15, -0.1) is 11.8 Å². The highest BCUT2D eigenvalue weighted by molar-refractivity contribution is 7.98. The smallest absolute Gasteiger partial charge is 0.255 e. The zero-order chi connectivity index (χ0) is 22.3. The van der Waals surface area contributed by atoms with Gasteiger partial charge in [0.2, 0.25) is 0 Å². The van der Waals surface area contributed by atoms with Gasteiger partial charge in [-0.25, -0.2) is 0 Å². The highest BCUT2D eigenvalue weighted by Gasteiger charge is 2.12. The number of para-hydroxylation sites is 1. The molecule has 4 aromatic carbocycles. The molecule has 0 aromatic heterocycles. The summed E-state index contributed by atoms with van der Waals surface area (Å²) in [4.78, 5) is 14.1. The molecular weight excluding hydrogens is 438 g/mol. The fourth-order valence-corrected chi connectivity index (χ4v) is 4.08. The van der Waals surface area contributed by atoms with E-state index < -0.39 is 0 Å². The molecule has 1 N–H and O–H groups in total. The second-order valence-corrected chi connectivity index (χ2v) is 8.79. The lowest BCUT2D eigenvalue weighted by Gasteiger charge is -2.13. The summed E-state index contributed by atoms with van der Waals surface area (Å²) in [6, 6.07) is 30.7. The third-order valence-electron chi connectivity index (χ3n) is 4.80. The largest absolute Gasteiger partial charge is 0.455 e. The first-order chi connectivity index (χ1) is 15.6. The number of carbonyl (C=O) groups excluding carboxylic acids is 1. The van der Waals surface area contributed by atoms with Gasteiger partial charge >= 0.3 is 0 Å². The Hall–Kier alpha value is -3.21. The van der Waals surface area contributed by atoms with E-state index in [4.69, 9.17) is 16.3 Å². The van der Waals surface area contributed by atoms with Crippen LogP contribution in [0.3, 0.4) is 0 Å². The molecule has 4 rings (SSSR count). The van der Waals surface area contributed by atoms with Crippen LogP contribution in [0.2, 0.25) is 5.02 Å². The van der Waals surface area contributed by atoms with Crippen molar-refractivity contribution in [2.45, 2.75) is 17.6 Å². The van der Waals surface area contributed by atoms with Gasteiger partial charge in [0.15, 0.2) is 5.75 Å². The molecule has 0 radical (unpaired) electrons. The van der Waals surface area contributed by atoms with E-state index in [1.165, 1.54) is 10.5 Å². The molecule has 0 bridgehead atoms. The van der Waals surface area contributed by atoms with Crippen LogP contribution in [-0.4, -0.2) is 5.91 Å². The minimum atomic E-state index is -0.220. The minimum absolute atomic E-state index is 0.220. The normalized spacial score (nSPS) is 10.6. The van der Waals surface area contributed by atoms with Gasteiger partial charge in [0, 0.05) is 21.2 Å². The van der Waals surface area contributed by atoms with E-state index in [0.29, 0.717) is 27.8 Å². The molecule has 160 valence electrons. The van der Waals surface area contributed by atoms with E-state index in [1.54, 1.807) is 30.0 Å². The van der Waals surface area contributed by atoms with Crippen LogP contribution < -0.4 is 10.1 Å². The topological polar surface area (TPSA) is 38.3 Å². The third-order valence-corrected chi connectivity index (χ3v) is 6.12. The molecule has 4 aromatic rings. The number of thioether (sulfide) groups is 1. The van der Waals surface area contributed by atoms with Gasteiger partial charge in [-0.2, -0.15) is 0 Å². The fourth-order valence-electron chi connectivity index (χ4n) is 3.05. The van der Waals surface area contributed by atoms with Gasteiger partial charge < -0.3 is 10.1 Å². The lowest BCUT2D eigenvalue weighted by molar-refractivity contribution is 0.102. The number of aryl methyl sites for hydroxylation is 1. The van der Waals surface area contributed by atoms with Crippen molar-refractivity contribution in [1.29, 1.82) is 0 Å². The first-order valence-corrected chi connectivity index (χ1v) is 11.6. The number of anilines is 1. The van der Waals surface area contributed by atoms with Gasteiger partial charge in [-0.05, 0) is 67.1 Å².